The third-order valence-electron chi connectivity index (χ3n) is 8.20. The van der Waals surface area contributed by atoms with Crippen molar-refractivity contribution in [2.45, 2.75) is 65.2 Å². The van der Waals surface area contributed by atoms with E-state index < -0.39 is 0 Å². The highest BCUT2D eigenvalue weighted by Crippen LogP contribution is 2.66. The third kappa shape index (κ3) is 1.73. The van der Waals surface area contributed by atoms with Gasteiger partial charge in [0.2, 0.25) is 0 Å². The monoisotopic (exact) mass is 299 g/mol. The van der Waals surface area contributed by atoms with Gasteiger partial charge in [-0.2, -0.15) is 0 Å². The molecule has 0 aromatic carbocycles. The Bertz CT molecular complexity index is 564. The highest BCUT2D eigenvalue weighted by molar-refractivity contribution is 5.87. The van der Waals surface area contributed by atoms with Gasteiger partial charge in [-0.25, -0.2) is 0 Å². The van der Waals surface area contributed by atoms with Crippen LogP contribution >= 0.6 is 0 Å². The summed E-state index contributed by atoms with van der Waals surface area (Å²) in [7, 11) is 0. The molecule has 0 radical (unpaired) electrons. The second-order valence-electron chi connectivity index (χ2n) is 9.02. The molecule has 0 aliphatic heterocycles. The van der Waals surface area contributed by atoms with Gasteiger partial charge in [0.15, 0.2) is 0 Å². The van der Waals surface area contributed by atoms with E-state index in [0.29, 0.717) is 29.0 Å². The van der Waals surface area contributed by atoms with Gasteiger partial charge in [0.25, 0.3) is 0 Å². The first-order valence-corrected chi connectivity index (χ1v) is 9.13. The highest BCUT2D eigenvalue weighted by Gasteiger charge is 2.60. The molecule has 2 nitrogen and oxygen atoms in total. The summed E-state index contributed by atoms with van der Waals surface area (Å²) in [5.41, 5.74) is 2.61. The van der Waals surface area contributed by atoms with Crippen LogP contribution < -0.4 is 0 Å². The second kappa shape index (κ2) is 4.55. The summed E-state index contributed by atoms with van der Waals surface area (Å²) >= 11 is 0. The van der Waals surface area contributed by atoms with Crippen molar-refractivity contribution in [2.75, 3.05) is 0 Å². The lowest BCUT2D eigenvalue weighted by Gasteiger charge is -2.60. The molecule has 4 fully saturated rings. The van der Waals surface area contributed by atoms with Gasteiger partial charge in [-0.1, -0.05) is 26.0 Å². The Morgan fingerprint density at radius 2 is 1.86 bits per heavy atom. The molecular formula is C20H29NO. The summed E-state index contributed by atoms with van der Waals surface area (Å²) < 4.78 is 0. The topological polar surface area (TPSA) is 40.9 Å². The van der Waals surface area contributed by atoms with Crippen molar-refractivity contribution in [1.82, 2.24) is 0 Å². The fourth-order valence-corrected chi connectivity index (χ4v) is 6.84. The van der Waals surface area contributed by atoms with E-state index in [4.69, 9.17) is 5.41 Å². The van der Waals surface area contributed by atoms with Crippen molar-refractivity contribution in [3.05, 3.63) is 12.2 Å². The molecule has 3 unspecified atom stereocenters. The Hall–Kier alpha value is -0.920. The van der Waals surface area contributed by atoms with E-state index in [1.54, 1.807) is 0 Å². The van der Waals surface area contributed by atoms with E-state index in [1.807, 2.05) is 0 Å². The van der Waals surface area contributed by atoms with Gasteiger partial charge in [-0.05, 0) is 74.0 Å². The number of rotatable bonds is 0. The maximum atomic E-state index is 12.4. The van der Waals surface area contributed by atoms with Crippen molar-refractivity contribution in [1.29, 1.82) is 5.41 Å². The van der Waals surface area contributed by atoms with Crippen LogP contribution in [-0.2, 0) is 4.79 Å². The molecule has 4 aliphatic carbocycles. The molecule has 0 aromatic rings. The molecule has 0 bridgehead atoms. The minimum Gasteiger partial charge on any atom is -0.310 e. The lowest BCUT2D eigenvalue weighted by molar-refractivity contribution is -0.134. The molecule has 0 heterocycles. The van der Waals surface area contributed by atoms with Gasteiger partial charge in [0.05, 0.1) is 0 Å². The summed E-state index contributed by atoms with van der Waals surface area (Å²) in [5, 5.41) is 8.11. The Balaban J connectivity index is 1.71. The fourth-order valence-electron chi connectivity index (χ4n) is 6.84. The molecule has 4 rings (SSSR count). The predicted molar refractivity (Wildman–Crippen MR) is 89.0 cm³/mol. The minimum absolute atomic E-state index is 0.0357. The average Bonchev–Trinajstić information content (AvgIpc) is 2.77. The number of ketones is 1. The fraction of sp³-hybridized carbons (Fsp3) is 0.800. The zero-order valence-electron chi connectivity index (χ0n) is 14.1. The van der Waals surface area contributed by atoms with Gasteiger partial charge in [-0.15, -0.1) is 0 Å². The molecule has 120 valence electrons. The van der Waals surface area contributed by atoms with Crippen LogP contribution in [-0.4, -0.2) is 11.5 Å². The van der Waals surface area contributed by atoms with Crippen molar-refractivity contribution in [3.63, 3.8) is 0 Å². The van der Waals surface area contributed by atoms with Gasteiger partial charge in [0, 0.05) is 17.5 Å². The van der Waals surface area contributed by atoms with Gasteiger partial charge in [-0.3, -0.25) is 4.79 Å². The molecule has 1 N–H and O–H groups in total. The summed E-state index contributed by atoms with van der Waals surface area (Å²) in [6.07, 6.45) is 8.44. The van der Waals surface area contributed by atoms with Crippen molar-refractivity contribution >= 4 is 11.5 Å². The standard InChI is InChI=1S/C20H29NO/c1-12-10-14-15-4-5-18(22)20(15,3)9-7-16(14)19(2)8-6-13(21)11-17(12)19/h14-17,21H,1,4-11H2,2-3H3/t14?,15?,16?,17-,19-,20+/m1/s1. The molecule has 0 aromatic heterocycles. The van der Waals surface area contributed by atoms with Crippen LogP contribution in [0.15, 0.2) is 12.2 Å². The van der Waals surface area contributed by atoms with Crippen LogP contribution in [0.2, 0.25) is 0 Å². The van der Waals surface area contributed by atoms with Gasteiger partial charge >= 0.3 is 0 Å². The Labute approximate surface area is 134 Å². The van der Waals surface area contributed by atoms with Crippen molar-refractivity contribution in [2.24, 2.45) is 34.5 Å². The summed E-state index contributed by atoms with van der Waals surface area (Å²) in [4.78, 5) is 12.4. The van der Waals surface area contributed by atoms with Crippen LogP contribution in [0.4, 0.5) is 0 Å². The number of allylic oxidation sites excluding steroid dienone is 1. The lowest BCUT2D eigenvalue weighted by atomic mass is 9.44. The maximum Gasteiger partial charge on any atom is 0.139 e. The lowest BCUT2D eigenvalue weighted by Crippen LogP contribution is -2.54. The van der Waals surface area contributed by atoms with Crippen LogP contribution in [0.25, 0.3) is 0 Å². The van der Waals surface area contributed by atoms with E-state index in [9.17, 15) is 4.79 Å². The highest BCUT2D eigenvalue weighted by atomic mass is 16.1. The maximum absolute atomic E-state index is 12.4. The molecule has 2 heteroatoms. The van der Waals surface area contributed by atoms with E-state index in [-0.39, 0.29) is 5.41 Å². The van der Waals surface area contributed by atoms with Gasteiger partial charge < -0.3 is 5.41 Å². The van der Waals surface area contributed by atoms with Crippen LogP contribution in [0.5, 0.6) is 0 Å². The molecule has 22 heavy (non-hydrogen) atoms. The number of hydrogen-bond acceptors (Lipinski definition) is 2. The zero-order chi connectivity index (χ0) is 15.7. The average molecular weight is 299 g/mol. The smallest absolute Gasteiger partial charge is 0.139 e. The van der Waals surface area contributed by atoms with E-state index in [1.165, 1.54) is 12.0 Å². The molecule has 4 saturated carbocycles. The molecule has 6 atom stereocenters. The van der Waals surface area contributed by atoms with E-state index >= 15 is 0 Å². The van der Waals surface area contributed by atoms with Gasteiger partial charge in [0.1, 0.15) is 5.78 Å². The first kappa shape index (κ1) is 14.7. The van der Waals surface area contributed by atoms with Crippen LogP contribution in [0.3, 0.4) is 0 Å². The Kier molecular flexibility index (Phi) is 3.03. The third-order valence-corrected chi connectivity index (χ3v) is 8.20. The first-order chi connectivity index (χ1) is 10.4. The molecule has 0 spiro atoms. The summed E-state index contributed by atoms with van der Waals surface area (Å²) in [6.45, 7) is 9.17. The van der Waals surface area contributed by atoms with E-state index in [0.717, 1.165) is 56.6 Å². The van der Waals surface area contributed by atoms with Crippen molar-refractivity contribution in [3.8, 4) is 0 Å². The number of hydrogen-bond donors (Lipinski definition) is 1. The zero-order valence-corrected chi connectivity index (χ0v) is 14.1. The summed E-state index contributed by atoms with van der Waals surface area (Å²) in [5.74, 6) is 3.07. The number of carbonyl (C=O) groups excluding carboxylic acids is 1. The largest absolute Gasteiger partial charge is 0.310 e. The number of nitrogens with one attached hydrogen (secondary N) is 1. The summed E-state index contributed by atoms with van der Waals surface area (Å²) in [6, 6.07) is 0. The molecule has 0 amide bonds. The predicted octanol–water partition coefficient (Wildman–Crippen LogP) is 4.78. The van der Waals surface area contributed by atoms with Crippen LogP contribution in [0, 0.1) is 39.9 Å². The normalized spacial score (nSPS) is 51.3. The van der Waals surface area contributed by atoms with E-state index in [2.05, 4.69) is 20.4 Å². The first-order valence-electron chi connectivity index (χ1n) is 9.13. The number of fused-ring (bicyclic) bond motifs is 5. The SMILES string of the molecule is C=C1CC2C3CCC(=O)[C@@]3(C)CCC2[C@@]2(C)CCC(=N)C[C@H]12. The Morgan fingerprint density at radius 1 is 1.09 bits per heavy atom. The number of Topliss-reactive ketones (excluding diaryl/α,β-unsaturated/α-hetero) is 1. The van der Waals surface area contributed by atoms with Crippen molar-refractivity contribution < 1.29 is 4.79 Å². The minimum atomic E-state index is -0.0357. The molecule has 0 saturated heterocycles. The molecular weight excluding hydrogens is 270 g/mol. The Morgan fingerprint density at radius 3 is 2.64 bits per heavy atom. The quantitative estimate of drug-likeness (QED) is 0.642. The molecule has 4 aliphatic rings. The van der Waals surface area contributed by atoms with Crippen LogP contribution in [0.1, 0.15) is 65.2 Å². The number of carbonyl (C=O) groups is 1. The second-order valence-corrected chi connectivity index (χ2v) is 9.02.